The first-order valence-electron chi connectivity index (χ1n) is 6.21. The largest absolute Gasteiger partial charge is 0.299 e. The molecule has 4 rings (SSSR count). The van der Waals surface area contributed by atoms with Crippen LogP contribution in [-0.4, -0.2) is 5.78 Å². The summed E-state index contributed by atoms with van der Waals surface area (Å²) < 4.78 is 0. The molecule has 0 unspecified atom stereocenters. The summed E-state index contributed by atoms with van der Waals surface area (Å²) in [6.45, 7) is 6.82. The monoisotopic (exact) mass is 204 g/mol. The molecule has 1 heteroatoms. The summed E-state index contributed by atoms with van der Waals surface area (Å²) in [5.74, 6) is 2.83. The molecule has 0 spiro atoms. The number of hydrogen-bond donors (Lipinski definition) is 0. The Hall–Kier alpha value is -0.590. The summed E-state index contributed by atoms with van der Waals surface area (Å²) >= 11 is 0. The number of allylic oxidation sites excluding steroid dienone is 2. The molecule has 15 heavy (non-hydrogen) atoms. The van der Waals surface area contributed by atoms with Crippen molar-refractivity contribution in [3.05, 3.63) is 11.6 Å². The van der Waals surface area contributed by atoms with Gasteiger partial charge in [-0.1, -0.05) is 25.5 Å². The first kappa shape index (κ1) is 9.62. The van der Waals surface area contributed by atoms with E-state index in [9.17, 15) is 4.79 Å². The fourth-order valence-corrected chi connectivity index (χ4v) is 4.28. The van der Waals surface area contributed by atoms with E-state index in [1.54, 1.807) is 0 Å². The molecule has 0 aliphatic heterocycles. The lowest BCUT2D eigenvalue weighted by Gasteiger charge is -2.62. The zero-order valence-electron chi connectivity index (χ0n) is 9.92. The van der Waals surface area contributed by atoms with E-state index in [-0.39, 0.29) is 0 Å². The van der Waals surface area contributed by atoms with Crippen LogP contribution in [0, 0.1) is 29.1 Å². The average molecular weight is 204 g/mol. The molecule has 4 aliphatic carbocycles. The first-order valence-corrected chi connectivity index (χ1v) is 6.21. The minimum Gasteiger partial charge on any atom is -0.299 e. The maximum Gasteiger partial charge on any atom is 0.140 e. The van der Waals surface area contributed by atoms with Crippen LogP contribution in [0.3, 0.4) is 0 Å². The molecule has 0 radical (unpaired) electrons. The Morgan fingerprint density at radius 1 is 1.40 bits per heavy atom. The van der Waals surface area contributed by atoms with Crippen LogP contribution >= 0.6 is 0 Å². The minimum atomic E-state index is 0.301. The highest BCUT2D eigenvalue weighted by molar-refractivity contribution is 5.87. The zero-order valence-corrected chi connectivity index (χ0v) is 9.92. The standard InChI is InChI=1S/C14H20O/c1-8-4-5-9-10(6-8)11-7-12(13(9)15)14(11,2)3/h4,9-12H,5-7H2,1-3H3/t9-,10-,11-,12+/m1/s1. The van der Waals surface area contributed by atoms with Crippen LogP contribution in [0.25, 0.3) is 0 Å². The third-order valence-corrected chi connectivity index (χ3v) is 5.36. The van der Waals surface area contributed by atoms with Gasteiger partial charge in [0.1, 0.15) is 5.78 Å². The molecular formula is C14H20O. The van der Waals surface area contributed by atoms with Crippen LogP contribution in [0.15, 0.2) is 11.6 Å². The van der Waals surface area contributed by atoms with Gasteiger partial charge in [-0.2, -0.15) is 0 Å². The Morgan fingerprint density at radius 2 is 2.13 bits per heavy atom. The summed E-state index contributed by atoms with van der Waals surface area (Å²) in [6, 6.07) is 0. The van der Waals surface area contributed by atoms with Crippen LogP contribution in [0.5, 0.6) is 0 Å². The van der Waals surface area contributed by atoms with E-state index in [0.717, 1.165) is 12.3 Å². The van der Waals surface area contributed by atoms with Crippen molar-refractivity contribution < 1.29 is 4.79 Å². The van der Waals surface area contributed by atoms with Gasteiger partial charge in [0.25, 0.3) is 0 Å². The number of ketones is 1. The number of hydrogen-bond acceptors (Lipinski definition) is 1. The van der Waals surface area contributed by atoms with Crippen LogP contribution < -0.4 is 0 Å². The number of carbonyl (C=O) groups is 1. The van der Waals surface area contributed by atoms with Gasteiger partial charge in [0.2, 0.25) is 0 Å². The molecule has 0 saturated heterocycles. The van der Waals surface area contributed by atoms with Gasteiger partial charge in [-0.3, -0.25) is 4.79 Å². The molecule has 1 nitrogen and oxygen atoms in total. The molecule has 2 bridgehead atoms. The van der Waals surface area contributed by atoms with Gasteiger partial charge < -0.3 is 0 Å². The van der Waals surface area contributed by atoms with Crippen molar-refractivity contribution in [2.75, 3.05) is 0 Å². The SMILES string of the molecule is CC1=CC[C@H]2C(=O)[C@@H]3C[C@H]([C@@H]2C1)C3(C)C. The molecular weight excluding hydrogens is 184 g/mol. The smallest absolute Gasteiger partial charge is 0.140 e. The molecule has 0 N–H and O–H groups in total. The van der Waals surface area contributed by atoms with Crippen molar-refractivity contribution in [3.8, 4) is 0 Å². The maximum atomic E-state index is 12.3. The average Bonchev–Trinajstić information content (AvgIpc) is 2.16. The van der Waals surface area contributed by atoms with E-state index in [2.05, 4.69) is 26.8 Å². The summed E-state index contributed by atoms with van der Waals surface area (Å²) in [5.41, 5.74) is 1.81. The van der Waals surface area contributed by atoms with Crippen molar-refractivity contribution in [1.82, 2.24) is 0 Å². The highest BCUT2D eigenvalue weighted by atomic mass is 16.1. The Bertz CT molecular complexity index is 350. The predicted octanol–water partition coefficient (Wildman–Crippen LogP) is 3.20. The molecule has 0 aromatic rings. The van der Waals surface area contributed by atoms with Gasteiger partial charge in [0.05, 0.1) is 0 Å². The molecule has 0 aromatic heterocycles. The van der Waals surface area contributed by atoms with Crippen molar-refractivity contribution >= 4 is 5.78 Å². The Kier molecular flexibility index (Phi) is 1.76. The Morgan fingerprint density at radius 3 is 2.80 bits per heavy atom. The fraction of sp³-hybridized carbons (Fsp3) is 0.786. The lowest BCUT2D eigenvalue weighted by Crippen LogP contribution is -2.61. The first-order chi connectivity index (χ1) is 7.01. The molecule has 0 aromatic carbocycles. The summed E-state index contributed by atoms with van der Waals surface area (Å²) in [6.07, 6.45) is 5.67. The van der Waals surface area contributed by atoms with E-state index in [0.29, 0.717) is 29.0 Å². The Balaban J connectivity index is 1.96. The summed E-state index contributed by atoms with van der Waals surface area (Å²) in [4.78, 5) is 12.3. The molecule has 3 fully saturated rings. The van der Waals surface area contributed by atoms with Gasteiger partial charge >= 0.3 is 0 Å². The lowest BCUT2D eigenvalue weighted by atomic mass is 9.41. The lowest BCUT2D eigenvalue weighted by molar-refractivity contribution is -0.170. The number of carbonyl (C=O) groups excluding carboxylic acids is 1. The van der Waals surface area contributed by atoms with Gasteiger partial charge in [0.15, 0.2) is 0 Å². The molecule has 3 saturated carbocycles. The van der Waals surface area contributed by atoms with Crippen molar-refractivity contribution in [3.63, 3.8) is 0 Å². The van der Waals surface area contributed by atoms with E-state index < -0.39 is 0 Å². The third-order valence-electron chi connectivity index (χ3n) is 5.36. The third kappa shape index (κ3) is 1.07. The quantitative estimate of drug-likeness (QED) is 0.554. The van der Waals surface area contributed by atoms with Crippen molar-refractivity contribution in [2.45, 2.75) is 40.0 Å². The fourth-order valence-electron chi connectivity index (χ4n) is 4.28. The van der Waals surface area contributed by atoms with Gasteiger partial charge in [-0.15, -0.1) is 0 Å². The van der Waals surface area contributed by atoms with E-state index >= 15 is 0 Å². The molecule has 4 atom stereocenters. The molecule has 0 heterocycles. The zero-order chi connectivity index (χ0) is 10.8. The highest BCUT2D eigenvalue weighted by Gasteiger charge is 2.61. The van der Waals surface area contributed by atoms with Crippen LogP contribution in [-0.2, 0) is 4.79 Å². The van der Waals surface area contributed by atoms with Crippen molar-refractivity contribution in [2.24, 2.45) is 29.1 Å². The second kappa shape index (κ2) is 2.75. The van der Waals surface area contributed by atoms with E-state index in [1.165, 1.54) is 18.4 Å². The maximum absolute atomic E-state index is 12.3. The summed E-state index contributed by atoms with van der Waals surface area (Å²) in [7, 11) is 0. The summed E-state index contributed by atoms with van der Waals surface area (Å²) in [5, 5.41) is 0. The highest BCUT2D eigenvalue weighted by Crippen LogP contribution is 2.63. The van der Waals surface area contributed by atoms with Crippen LogP contribution in [0.2, 0.25) is 0 Å². The van der Waals surface area contributed by atoms with Gasteiger partial charge in [-0.05, 0) is 43.4 Å². The normalized spacial score (nSPS) is 46.6. The second-order valence-electron chi connectivity index (χ2n) is 6.38. The minimum absolute atomic E-state index is 0.301. The predicted molar refractivity (Wildman–Crippen MR) is 60.4 cm³/mol. The molecule has 0 amide bonds. The van der Waals surface area contributed by atoms with Crippen LogP contribution in [0.4, 0.5) is 0 Å². The van der Waals surface area contributed by atoms with E-state index in [4.69, 9.17) is 0 Å². The second-order valence-corrected chi connectivity index (χ2v) is 6.38. The van der Waals surface area contributed by atoms with Crippen molar-refractivity contribution in [1.29, 1.82) is 0 Å². The van der Waals surface area contributed by atoms with Gasteiger partial charge in [-0.25, -0.2) is 0 Å². The topological polar surface area (TPSA) is 17.1 Å². The van der Waals surface area contributed by atoms with Gasteiger partial charge in [0, 0.05) is 11.8 Å². The number of Topliss-reactive ketones (excluding diaryl/α,β-unsaturated/α-hetero) is 1. The number of rotatable bonds is 0. The Labute approximate surface area is 91.9 Å². The van der Waals surface area contributed by atoms with Crippen LogP contribution in [0.1, 0.15) is 40.0 Å². The molecule has 4 aliphatic rings. The van der Waals surface area contributed by atoms with E-state index in [1.807, 2.05) is 0 Å². The molecule has 82 valence electrons.